The fourth-order valence-electron chi connectivity index (χ4n) is 1.63. The maximum atomic E-state index is 13.4. The van der Waals surface area contributed by atoms with E-state index in [-0.39, 0.29) is 10.7 Å². The third-order valence-corrected chi connectivity index (χ3v) is 2.82. The van der Waals surface area contributed by atoms with Crippen molar-refractivity contribution in [3.8, 4) is 0 Å². The summed E-state index contributed by atoms with van der Waals surface area (Å²) in [6.07, 6.45) is 0. The Morgan fingerprint density at radius 1 is 1.10 bits per heavy atom. The number of carbonyl (C=O) groups excluding carboxylic acids is 1. The van der Waals surface area contributed by atoms with Crippen LogP contribution in [0.1, 0.15) is 5.56 Å². The summed E-state index contributed by atoms with van der Waals surface area (Å²) < 4.78 is 26.2. The standard InChI is InChI=1S/C14H11F2N3OS/c15-9-4-5-12(11(16)7-9)19-14(20)18-10-3-1-2-8(6-10)13(17)21/h1-7H,(H2,17,21)(H2,18,19,20). The van der Waals surface area contributed by atoms with E-state index in [2.05, 4.69) is 10.6 Å². The van der Waals surface area contributed by atoms with Crippen LogP contribution in [0.5, 0.6) is 0 Å². The highest BCUT2D eigenvalue weighted by molar-refractivity contribution is 7.80. The van der Waals surface area contributed by atoms with Gasteiger partial charge < -0.3 is 16.4 Å². The Morgan fingerprint density at radius 3 is 2.52 bits per heavy atom. The van der Waals surface area contributed by atoms with Gasteiger partial charge in [0.1, 0.15) is 16.6 Å². The summed E-state index contributed by atoms with van der Waals surface area (Å²) in [5.41, 5.74) is 6.40. The lowest BCUT2D eigenvalue weighted by atomic mass is 10.2. The molecule has 21 heavy (non-hydrogen) atoms. The van der Waals surface area contributed by atoms with Crippen molar-refractivity contribution < 1.29 is 13.6 Å². The van der Waals surface area contributed by atoms with Crippen LogP contribution < -0.4 is 16.4 Å². The number of carbonyl (C=O) groups is 1. The second-order valence-electron chi connectivity index (χ2n) is 4.15. The van der Waals surface area contributed by atoms with Gasteiger partial charge in [0.15, 0.2) is 0 Å². The minimum absolute atomic E-state index is 0.126. The highest BCUT2D eigenvalue weighted by atomic mass is 32.1. The van der Waals surface area contributed by atoms with E-state index in [1.165, 1.54) is 0 Å². The first-order valence-electron chi connectivity index (χ1n) is 5.88. The third-order valence-electron chi connectivity index (χ3n) is 2.58. The molecule has 0 saturated carbocycles. The lowest BCUT2D eigenvalue weighted by molar-refractivity contribution is 0.262. The number of halogens is 2. The molecule has 0 aromatic heterocycles. The van der Waals surface area contributed by atoms with E-state index < -0.39 is 17.7 Å². The van der Waals surface area contributed by atoms with E-state index in [0.29, 0.717) is 17.3 Å². The van der Waals surface area contributed by atoms with Gasteiger partial charge in [-0.3, -0.25) is 0 Å². The quantitative estimate of drug-likeness (QED) is 0.763. The minimum Gasteiger partial charge on any atom is -0.389 e. The smallest absolute Gasteiger partial charge is 0.323 e. The van der Waals surface area contributed by atoms with Crippen molar-refractivity contribution in [3.05, 3.63) is 59.7 Å². The van der Waals surface area contributed by atoms with Crippen LogP contribution in [0.15, 0.2) is 42.5 Å². The molecule has 0 atom stereocenters. The van der Waals surface area contributed by atoms with E-state index >= 15 is 0 Å². The summed E-state index contributed by atoms with van der Waals surface area (Å²) in [5, 5.41) is 4.78. The number of thiocarbonyl (C=S) groups is 1. The molecule has 0 bridgehead atoms. The number of nitrogens with one attached hydrogen (secondary N) is 2. The van der Waals surface area contributed by atoms with E-state index in [9.17, 15) is 13.6 Å². The average Bonchev–Trinajstić information content (AvgIpc) is 2.42. The third kappa shape index (κ3) is 3.96. The van der Waals surface area contributed by atoms with Crippen LogP contribution in [0, 0.1) is 11.6 Å². The highest BCUT2D eigenvalue weighted by Crippen LogP contribution is 2.16. The van der Waals surface area contributed by atoms with Gasteiger partial charge in [0.25, 0.3) is 0 Å². The Balaban J connectivity index is 2.08. The number of urea groups is 1. The summed E-state index contributed by atoms with van der Waals surface area (Å²) in [6, 6.07) is 8.78. The summed E-state index contributed by atoms with van der Waals surface area (Å²) in [4.78, 5) is 12.0. The zero-order chi connectivity index (χ0) is 15.4. The lowest BCUT2D eigenvalue weighted by Crippen LogP contribution is -2.20. The Hall–Kier alpha value is -2.54. The first-order chi connectivity index (χ1) is 9.95. The van der Waals surface area contributed by atoms with Gasteiger partial charge in [-0.15, -0.1) is 0 Å². The SMILES string of the molecule is NC(=S)c1cccc(NC(=O)Nc2ccc(F)cc2F)c1. The van der Waals surface area contributed by atoms with Crippen LogP contribution in [0.3, 0.4) is 0 Å². The molecule has 7 heteroatoms. The first-order valence-corrected chi connectivity index (χ1v) is 6.29. The molecule has 0 spiro atoms. The van der Waals surface area contributed by atoms with Crippen LogP contribution in [0.2, 0.25) is 0 Å². The van der Waals surface area contributed by atoms with Crippen molar-refractivity contribution in [2.45, 2.75) is 0 Å². The molecule has 4 nitrogen and oxygen atoms in total. The summed E-state index contributed by atoms with van der Waals surface area (Å²) in [7, 11) is 0. The molecule has 0 aliphatic carbocycles. The number of benzene rings is 2. The van der Waals surface area contributed by atoms with Gasteiger partial charge >= 0.3 is 6.03 Å². The number of rotatable bonds is 3. The molecule has 2 aromatic rings. The first kappa shape index (κ1) is 14.9. The molecule has 0 unspecified atom stereocenters. The molecule has 2 amide bonds. The fraction of sp³-hybridized carbons (Fsp3) is 0. The molecule has 0 aliphatic rings. The molecule has 0 saturated heterocycles. The van der Waals surface area contributed by atoms with Crippen molar-refractivity contribution in [1.82, 2.24) is 0 Å². The summed E-state index contributed by atoms with van der Waals surface area (Å²) in [6.45, 7) is 0. The van der Waals surface area contributed by atoms with E-state index in [4.69, 9.17) is 18.0 Å². The fourth-order valence-corrected chi connectivity index (χ4v) is 1.75. The number of amides is 2. The second kappa shape index (κ2) is 6.27. The zero-order valence-electron chi connectivity index (χ0n) is 10.7. The lowest BCUT2D eigenvalue weighted by Gasteiger charge is -2.09. The van der Waals surface area contributed by atoms with E-state index in [1.54, 1.807) is 24.3 Å². The maximum absolute atomic E-state index is 13.4. The largest absolute Gasteiger partial charge is 0.389 e. The molecule has 0 aliphatic heterocycles. The summed E-state index contributed by atoms with van der Waals surface area (Å²) in [5.74, 6) is -1.58. The van der Waals surface area contributed by atoms with E-state index in [1.807, 2.05) is 0 Å². The normalized spacial score (nSPS) is 10.0. The summed E-state index contributed by atoms with van der Waals surface area (Å²) >= 11 is 4.83. The van der Waals surface area contributed by atoms with Gasteiger partial charge in [-0.2, -0.15) is 0 Å². The average molecular weight is 307 g/mol. The Kier molecular flexibility index (Phi) is 4.44. The van der Waals surface area contributed by atoms with Gasteiger partial charge in [-0.05, 0) is 24.3 Å². The van der Waals surface area contributed by atoms with E-state index in [0.717, 1.165) is 12.1 Å². The Bertz CT molecular complexity index is 706. The number of anilines is 2. The number of hydrogen-bond donors (Lipinski definition) is 3. The highest BCUT2D eigenvalue weighted by Gasteiger charge is 2.08. The van der Waals surface area contributed by atoms with Gasteiger partial charge in [0.05, 0.1) is 5.69 Å². The number of hydrogen-bond acceptors (Lipinski definition) is 2. The maximum Gasteiger partial charge on any atom is 0.323 e. The predicted octanol–water partition coefficient (Wildman–Crippen LogP) is 3.24. The molecular weight excluding hydrogens is 296 g/mol. The van der Waals surface area contributed by atoms with Crippen LogP contribution in [-0.2, 0) is 0 Å². The van der Waals surface area contributed by atoms with Crippen molar-refractivity contribution in [2.75, 3.05) is 10.6 Å². The molecule has 2 rings (SSSR count). The minimum atomic E-state index is -0.859. The molecule has 108 valence electrons. The van der Waals surface area contributed by atoms with Crippen molar-refractivity contribution in [3.63, 3.8) is 0 Å². The van der Waals surface area contributed by atoms with Crippen LogP contribution >= 0.6 is 12.2 Å². The predicted molar refractivity (Wildman–Crippen MR) is 81.3 cm³/mol. The van der Waals surface area contributed by atoms with Crippen LogP contribution in [-0.4, -0.2) is 11.0 Å². The molecule has 4 N–H and O–H groups in total. The van der Waals surface area contributed by atoms with Crippen LogP contribution in [0.25, 0.3) is 0 Å². The molecule has 0 radical (unpaired) electrons. The van der Waals surface area contributed by atoms with Gasteiger partial charge in [-0.1, -0.05) is 24.4 Å². The van der Waals surface area contributed by atoms with Crippen molar-refractivity contribution in [2.24, 2.45) is 5.73 Å². The zero-order valence-corrected chi connectivity index (χ0v) is 11.5. The Labute approximate surface area is 125 Å². The van der Waals surface area contributed by atoms with Gasteiger partial charge in [0.2, 0.25) is 0 Å². The molecule has 0 heterocycles. The van der Waals surface area contributed by atoms with Gasteiger partial charge in [0, 0.05) is 17.3 Å². The topological polar surface area (TPSA) is 67.1 Å². The molecular formula is C14H11F2N3OS. The van der Waals surface area contributed by atoms with Crippen LogP contribution in [0.4, 0.5) is 25.0 Å². The second-order valence-corrected chi connectivity index (χ2v) is 4.59. The van der Waals surface area contributed by atoms with Crippen molar-refractivity contribution in [1.29, 1.82) is 0 Å². The number of nitrogens with two attached hydrogens (primary N) is 1. The molecule has 0 fully saturated rings. The van der Waals surface area contributed by atoms with Gasteiger partial charge in [-0.25, -0.2) is 13.6 Å². The van der Waals surface area contributed by atoms with Crippen molar-refractivity contribution >= 4 is 34.6 Å². The molecule has 2 aromatic carbocycles. The Morgan fingerprint density at radius 2 is 1.86 bits per heavy atom. The monoisotopic (exact) mass is 307 g/mol.